The van der Waals surface area contributed by atoms with Gasteiger partial charge >= 0.3 is 0 Å². The Bertz CT molecular complexity index is 984. The van der Waals surface area contributed by atoms with Crippen molar-refractivity contribution in [3.05, 3.63) is 46.9 Å². The number of nitrogens with one attached hydrogen (secondary N) is 3. The summed E-state index contributed by atoms with van der Waals surface area (Å²) >= 11 is 0. The van der Waals surface area contributed by atoms with Crippen LogP contribution in [0.2, 0.25) is 0 Å². The van der Waals surface area contributed by atoms with E-state index >= 15 is 0 Å². The van der Waals surface area contributed by atoms with Crippen LogP contribution in [0.15, 0.2) is 24.5 Å². The van der Waals surface area contributed by atoms with Gasteiger partial charge in [-0.05, 0) is 61.9 Å². The van der Waals surface area contributed by atoms with Crippen LogP contribution >= 0.6 is 0 Å². The number of fused-ring (bicyclic) bond motifs is 3. The SMILES string of the molecule is CNC(=O)CNCc1cccc2c1C1(CCNCC1)CN2c1ncnc2c1[C@H](C)CC2. The monoisotopic (exact) mass is 420 g/mol. The van der Waals surface area contributed by atoms with Crippen molar-refractivity contribution in [1.82, 2.24) is 25.9 Å². The molecule has 7 nitrogen and oxygen atoms in total. The average Bonchev–Trinajstić information content (AvgIpc) is 3.33. The molecule has 2 aliphatic heterocycles. The van der Waals surface area contributed by atoms with Gasteiger partial charge in [-0.1, -0.05) is 19.1 Å². The zero-order chi connectivity index (χ0) is 21.4. The Labute approximate surface area is 184 Å². The van der Waals surface area contributed by atoms with E-state index in [1.165, 1.54) is 28.1 Å². The topological polar surface area (TPSA) is 82.2 Å². The van der Waals surface area contributed by atoms with Gasteiger partial charge in [0.05, 0.1) is 6.54 Å². The van der Waals surface area contributed by atoms with Gasteiger partial charge in [0.25, 0.3) is 0 Å². The molecule has 5 rings (SSSR count). The molecule has 1 spiro atoms. The quantitative estimate of drug-likeness (QED) is 0.688. The van der Waals surface area contributed by atoms with E-state index in [0.29, 0.717) is 19.0 Å². The maximum atomic E-state index is 11.7. The third-order valence-corrected chi connectivity index (χ3v) is 7.36. The largest absolute Gasteiger partial charge is 0.358 e. The minimum atomic E-state index is 0.0105. The van der Waals surface area contributed by atoms with Crippen molar-refractivity contribution in [2.45, 2.75) is 50.5 Å². The highest BCUT2D eigenvalue weighted by Crippen LogP contribution is 2.51. The Morgan fingerprint density at radius 3 is 2.94 bits per heavy atom. The number of hydrogen-bond donors (Lipinski definition) is 3. The fourth-order valence-corrected chi connectivity index (χ4v) is 5.78. The number of rotatable bonds is 5. The molecule has 0 unspecified atom stereocenters. The average molecular weight is 421 g/mol. The number of anilines is 2. The van der Waals surface area contributed by atoms with Crippen LogP contribution in [0, 0.1) is 0 Å². The number of amides is 1. The molecule has 7 heteroatoms. The number of carbonyl (C=O) groups is 1. The Morgan fingerprint density at radius 2 is 2.13 bits per heavy atom. The number of benzene rings is 1. The first-order valence-corrected chi connectivity index (χ1v) is 11.5. The minimum absolute atomic E-state index is 0.0105. The van der Waals surface area contributed by atoms with Crippen molar-refractivity contribution in [3.8, 4) is 0 Å². The predicted octanol–water partition coefficient (Wildman–Crippen LogP) is 2.13. The van der Waals surface area contributed by atoms with Crippen LogP contribution in [0.3, 0.4) is 0 Å². The van der Waals surface area contributed by atoms with Gasteiger partial charge in [-0.2, -0.15) is 0 Å². The zero-order valence-corrected chi connectivity index (χ0v) is 18.5. The molecule has 2 aromatic rings. The fourth-order valence-electron chi connectivity index (χ4n) is 5.78. The van der Waals surface area contributed by atoms with Crippen LogP contribution in [-0.4, -0.2) is 49.1 Å². The molecule has 1 atom stereocenters. The summed E-state index contributed by atoms with van der Waals surface area (Å²) in [4.78, 5) is 23.6. The number of likely N-dealkylation sites (N-methyl/N-ethyl adjacent to an activating group) is 1. The number of nitrogens with zero attached hydrogens (tertiary/aromatic N) is 3. The van der Waals surface area contributed by atoms with E-state index in [2.05, 4.69) is 51.0 Å². The Balaban J connectivity index is 1.56. The van der Waals surface area contributed by atoms with Crippen molar-refractivity contribution >= 4 is 17.4 Å². The molecule has 1 amide bonds. The molecule has 0 bridgehead atoms. The summed E-state index contributed by atoms with van der Waals surface area (Å²) in [6, 6.07) is 6.62. The number of hydrogen-bond acceptors (Lipinski definition) is 6. The van der Waals surface area contributed by atoms with Crippen molar-refractivity contribution in [1.29, 1.82) is 0 Å². The molecule has 0 saturated carbocycles. The maximum Gasteiger partial charge on any atom is 0.233 e. The molecule has 3 N–H and O–H groups in total. The van der Waals surface area contributed by atoms with Gasteiger partial charge in [0.15, 0.2) is 0 Å². The van der Waals surface area contributed by atoms with E-state index in [4.69, 9.17) is 4.98 Å². The van der Waals surface area contributed by atoms with Crippen molar-refractivity contribution in [3.63, 3.8) is 0 Å². The van der Waals surface area contributed by atoms with Crippen LogP contribution in [0.25, 0.3) is 0 Å². The van der Waals surface area contributed by atoms with E-state index in [-0.39, 0.29) is 11.3 Å². The van der Waals surface area contributed by atoms with Crippen LogP contribution < -0.4 is 20.9 Å². The molecule has 1 aromatic carbocycles. The van der Waals surface area contributed by atoms with Crippen molar-refractivity contribution in [2.24, 2.45) is 0 Å². The summed E-state index contributed by atoms with van der Waals surface area (Å²) in [5, 5.41) is 9.56. The van der Waals surface area contributed by atoms with Crippen LogP contribution in [0.1, 0.15) is 54.5 Å². The first-order chi connectivity index (χ1) is 15.1. The summed E-state index contributed by atoms with van der Waals surface area (Å²) < 4.78 is 0. The lowest BCUT2D eigenvalue weighted by atomic mass is 9.73. The number of carbonyl (C=O) groups excluding carboxylic acids is 1. The number of aromatic nitrogens is 2. The first-order valence-electron chi connectivity index (χ1n) is 11.5. The van der Waals surface area contributed by atoms with Crippen molar-refractivity contribution in [2.75, 3.05) is 38.1 Å². The van der Waals surface area contributed by atoms with Gasteiger partial charge in [0, 0.05) is 42.5 Å². The third-order valence-electron chi connectivity index (χ3n) is 7.36. The Morgan fingerprint density at radius 1 is 1.29 bits per heavy atom. The van der Waals surface area contributed by atoms with Crippen molar-refractivity contribution < 1.29 is 4.79 Å². The first kappa shape index (κ1) is 20.4. The lowest BCUT2D eigenvalue weighted by Crippen LogP contribution is -2.43. The van der Waals surface area contributed by atoms with Crippen LogP contribution in [0.4, 0.5) is 11.5 Å². The number of aryl methyl sites for hydroxylation is 1. The normalized spacial score (nSPS) is 21.2. The molecule has 1 saturated heterocycles. The molecule has 1 aromatic heterocycles. The zero-order valence-electron chi connectivity index (χ0n) is 18.5. The van der Waals surface area contributed by atoms with Gasteiger partial charge in [0.1, 0.15) is 12.1 Å². The molecular formula is C24H32N6O. The minimum Gasteiger partial charge on any atom is -0.358 e. The van der Waals surface area contributed by atoms with Gasteiger partial charge in [-0.15, -0.1) is 0 Å². The lowest BCUT2D eigenvalue weighted by molar-refractivity contribution is -0.119. The highest BCUT2D eigenvalue weighted by molar-refractivity contribution is 5.78. The molecular weight excluding hydrogens is 388 g/mol. The highest BCUT2D eigenvalue weighted by Gasteiger charge is 2.46. The third kappa shape index (κ3) is 3.49. The molecule has 3 aliphatic rings. The Kier molecular flexibility index (Phi) is 5.40. The highest BCUT2D eigenvalue weighted by atomic mass is 16.1. The van der Waals surface area contributed by atoms with Crippen LogP contribution in [0.5, 0.6) is 0 Å². The molecule has 1 fully saturated rings. The summed E-state index contributed by atoms with van der Waals surface area (Å²) in [6.45, 7) is 6.35. The Hall–Kier alpha value is -2.51. The predicted molar refractivity (Wildman–Crippen MR) is 122 cm³/mol. The molecule has 1 aliphatic carbocycles. The second-order valence-electron chi connectivity index (χ2n) is 9.20. The molecule has 164 valence electrons. The van der Waals surface area contributed by atoms with E-state index in [1.807, 2.05) is 0 Å². The maximum absolute atomic E-state index is 11.7. The summed E-state index contributed by atoms with van der Waals surface area (Å²) in [7, 11) is 1.67. The van der Waals surface area contributed by atoms with E-state index in [0.717, 1.165) is 51.1 Å². The van der Waals surface area contributed by atoms with Gasteiger partial charge in [-0.25, -0.2) is 9.97 Å². The molecule has 0 radical (unpaired) electrons. The lowest BCUT2D eigenvalue weighted by Gasteiger charge is -2.36. The van der Waals surface area contributed by atoms with Gasteiger partial charge < -0.3 is 20.9 Å². The second kappa shape index (κ2) is 8.20. The molecule has 3 heterocycles. The summed E-state index contributed by atoms with van der Waals surface area (Å²) in [6.07, 6.45) is 6.18. The van der Waals surface area contributed by atoms with E-state index in [9.17, 15) is 4.79 Å². The summed E-state index contributed by atoms with van der Waals surface area (Å²) in [5.41, 5.74) is 6.69. The fraction of sp³-hybridized carbons (Fsp3) is 0.542. The van der Waals surface area contributed by atoms with Gasteiger partial charge in [0.2, 0.25) is 5.91 Å². The number of piperidine rings is 1. The van der Waals surface area contributed by atoms with Gasteiger partial charge in [-0.3, -0.25) is 4.79 Å². The molecule has 31 heavy (non-hydrogen) atoms. The van der Waals surface area contributed by atoms with Crippen LogP contribution in [-0.2, 0) is 23.2 Å². The van der Waals surface area contributed by atoms with E-state index in [1.54, 1.807) is 13.4 Å². The standard InChI is InChI=1S/C24H32N6O/c1-16-6-7-18-21(16)23(29-15-28-18)30-14-24(8-10-26-11-9-24)22-17(4-3-5-19(22)30)12-27-13-20(31)25-2/h3-5,15-16,26-27H,6-14H2,1-2H3,(H,25,31)/t16-/m1/s1. The second-order valence-corrected chi connectivity index (χ2v) is 9.20. The smallest absolute Gasteiger partial charge is 0.233 e. The van der Waals surface area contributed by atoms with E-state index < -0.39 is 0 Å². The summed E-state index contributed by atoms with van der Waals surface area (Å²) in [5.74, 6) is 1.61.